The maximum Gasteiger partial charge on any atom is 0.244 e. The van der Waals surface area contributed by atoms with Gasteiger partial charge in [0.25, 0.3) is 0 Å². The Balaban J connectivity index is 2.09. The van der Waals surface area contributed by atoms with E-state index in [4.69, 9.17) is 0 Å². The van der Waals surface area contributed by atoms with Gasteiger partial charge in [-0.2, -0.15) is 0 Å². The number of tetrazole rings is 1. The number of hydrogen-bond acceptors (Lipinski definition) is 4. The van der Waals surface area contributed by atoms with Gasteiger partial charge in [-0.3, -0.25) is 4.79 Å². The standard InChI is InChI=1S/C12H13F2N5O/c1-8(9-3-4-10(13)11(14)5-9)18(2)12(20)6-19-7-15-16-17-19/h3-5,7-8H,6H2,1-2H3/t8-/m1/s1. The van der Waals surface area contributed by atoms with Gasteiger partial charge in [0.1, 0.15) is 12.9 Å². The summed E-state index contributed by atoms with van der Waals surface area (Å²) in [6.07, 6.45) is 1.33. The van der Waals surface area contributed by atoms with Crippen molar-refractivity contribution in [2.75, 3.05) is 7.05 Å². The molecule has 1 amide bonds. The first kappa shape index (κ1) is 14.0. The van der Waals surface area contributed by atoms with Crippen LogP contribution in [0, 0.1) is 11.6 Å². The van der Waals surface area contributed by atoms with Crippen LogP contribution in [-0.4, -0.2) is 38.1 Å². The molecule has 0 bridgehead atoms. The molecule has 20 heavy (non-hydrogen) atoms. The lowest BCUT2D eigenvalue weighted by atomic mass is 10.1. The van der Waals surface area contributed by atoms with Crippen LogP contribution in [0.3, 0.4) is 0 Å². The van der Waals surface area contributed by atoms with Crippen LogP contribution in [0.15, 0.2) is 24.5 Å². The van der Waals surface area contributed by atoms with Gasteiger partial charge in [-0.05, 0) is 35.0 Å². The Morgan fingerprint density at radius 2 is 2.15 bits per heavy atom. The summed E-state index contributed by atoms with van der Waals surface area (Å²) in [7, 11) is 1.58. The molecule has 0 unspecified atom stereocenters. The summed E-state index contributed by atoms with van der Waals surface area (Å²) in [6, 6.07) is 3.18. The molecule has 8 heteroatoms. The Morgan fingerprint density at radius 3 is 2.75 bits per heavy atom. The van der Waals surface area contributed by atoms with Crippen LogP contribution in [0.25, 0.3) is 0 Å². The number of nitrogens with zero attached hydrogens (tertiary/aromatic N) is 5. The zero-order valence-corrected chi connectivity index (χ0v) is 11.0. The molecule has 0 radical (unpaired) electrons. The van der Waals surface area contributed by atoms with Crippen LogP contribution in [0.2, 0.25) is 0 Å². The maximum absolute atomic E-state index is 13.2. The van der Waals surface area contributed by atoms with Gasteiger partial charge < -0.3 is 4.90 Å². The van der Waals surface area contributed by atoms with Crippen molar-refractivity contribution in [2.24, 2.45) is 0 Å². The highest BCUT2D eigenvalue weighted by Crippen LogP contribution is 2.21. The zero-order valence-electron chi connectivity index (χ0n) is 11.0. The molecule has 0 spiro atoms. The molecule has 1 heterocycles. The average molecular weight is 281 g/mol. The highest BCUT2D eigenvalue weighted by molar-refractivity contribution is 5.76. The Hall–Kier alpha value is -2.38. The first-order valence-electron chi connectivity index (χ1n) is 5.90. The lowest BCUT2D eigenvalue weighted by Crippen LogP contribution is -2.32. The van der Waals surface area contributed by atoms with Gasteiger partial charge in [0.15, 0.2) is 11.6 Å². The highest BCUT2D eigenvalue weighted by atomic mass is 19.2. The number of aromatic nitrogens is 4. The van der Waals surface area contributed by atoms with Crippen LogP contribution in [0.1, 0.15) is 18.5 Å². The SMILES string of the molecule is C[C@H](c1ccc(F)c(F)c1)N(C)C(=O)Cn1cnnn1. The van der Waals surface area contributed by atoms with Gasteiger partial charge in [-0.15, -0.1) is 5.10 Å². The molecule has 6 nitrogen and oxygen atoms in total. The molecule has 0 aliphatic heterocycles. The lowest BCUT2D eigenvalue weighted by Gasteiger charge is -2.25. The van der Waals surface area contributed by atoms with Crippen molar-refractivity contribution in [3.63, 3.8) is 0 Å². The van der Waals surface area contributed by atoms with Crippen molar-refractivity contribution in [2.45, 2.75) is 19.5 Å². The Labute approximate surface area is 114 Å². The van der Waals surface area contributed by atoms with Crippen LogP contribution < -0.4 is 0 Å². The number of amides is 1. The molecule has 0 N–H and O–H groups in total. The summed E-state index contributed by atoms with van der Waals surface area (Å²) in [4.78, 5) is 13.4. The van der Waals surface area contributed by atoms with Crippen molar-refractivity contribution in [3.05, 3.63) is 41.7 Å². The normalized spacial score (nSPS) is 12.2. The van der Waals surface area contributed by atoms with E-state index in [2.05, 4.69) is 15.5 Å². The molecular weight excluding hydrogens is 268 g/mol. The summed E-state index contributed by atoms with van der Waals surface area (Å²) in [5, 5.41) is 10.5. The van der Waals surface area contributed by atoms with E-state index in [1.807, 2.05) is 0 Å². The molecule has 2 aromatic rings. The number of halogens is 2. The van der Waals surface area contributed by atoms with E-state index in [1.165, 1.54) is 22.0 Å². The Bertz CT molecular complexity index is 602. The third kappa shape index (κ3) is 2.95. The van der Waals surface area contributed by atoms with E-state index in [-0.39, 0.29) is 12.5 Å². The van der Waals surface area contributed by atoms with Gasteiger partial charge in [-0.25, -0.2) is 13.5 Å². The van der Waals surface area contributed by atoms with Crippen molar-refractivity contribution in [1.82, 2.24) is 25.1 Å². The minimum atomic E-state index is -0.935. The van der Waals surface area contributed by atoms with E-state index >= 15 is 0 Å². The smallest absolute Gasteiger partial charge is 0.244 e. The van der Waals surface area contributed by atoms with Crippen molar-refractivity contribution >= 4 is 5.91 Å². The minimum Gasteiger partial charge on any atom is -0.337 e. The predicted molar refractivity (Wildman–Crippen MR) is 65.4 cm³/mol. The highest BCUT2D eigenvalue weighted by Gasteiger charge is 2.19. The second kappa shape index (κ2) is 5.72. The molecule has 0 fully saturated rings. The van der Waals surface area contributed by atoms with Gasteiger partial charge in [0, 0.05) is 7.05 Å². The second-order valence-electron chi connectivity index (χ2n) is 4.36. The Morgan fingerprint density at radius 1 is 1.40 bits per heavy atom. The topological polar surface area (TPSA) is 63.9 Å². The van der Waals surface area contributed by atoms with E-state index in [0.29, 0.717) is 5.56 Å². The van der Waals surface area contributed by atoms with E-state index in [1.54, 1.807) is 14.0 Å². The number of likely N-dealkylation sites (N-methyl/N-ethyl adjacent to an activating group) is 1. The molecule has 0 saturated carbocycles. The summed E-state index contributed by atoms with van der Waals surface area (Å²) in [5.41, 5.74) is 0.511. The largest absolute Gasteiger partial charge is 0.337 e. The fraction of sp³-hybridized carbons (Fsp3) is 0.333. The average Bonchev–Trinajstić information content (AvgIpc) is 2.93. The van der Waals surface area contributed by atoms with Crippen LogP contribution in [-0.2, 0) is 11.3 Å². The van der Waals surface area contributed by atoms with Gasteiger partial charge in [-0.1, -0.05) is 6.07 Å². The van der Waals surface area contributed by atoms with Crippen molar-refractivity contribution in [3.8, 4) is 0 Å². The zero-order chi connectivity index (χ0) is 14.7. The van der Waals surface area contributed by atoms with Crippen LogP contribution in [0.5, 0.6) is 0 Å². The lowest BCUT2D eigenvalue weighted by molar-refractivity contribution is -0.132. The molecule has 0 aliphatic rings. The number of benzene rings is 1. The number of hydrogen-bond donors (Lipinski definition) is 0. The molecule has 0 saturated heterocycles. The Kier molecular flexibility index (Phi) is 4.02. The van der Waals surface area contributed by atoms with Gasteiger partial charge in [0.05, 0.1) is 6.04 Å². The predicted octanol–water partition coefficient (Wildman–Crippen LogP) is 1.17. The first-order valence-corrected chi connectivity index (χ1v) is 5.90. The van der Waals surface area contributed by atoms with Gasteiger partial charge >= 0.3 is 0 Å². The van der Waals surface area contributed by atoms with Crippen LogP contribution >= 0.6 is 0 Å². The van der Waals surface area contributed by atoms with Crippen LogP contribution in [0.4, 0.5) is 8.78 Å². The monoisotopic (exact) mass is 281 g/mol. The quantitative estimate of drug-likeness (QED) is 0.844. The summed E-state index contributed by atoms with van der Waals surface area (Å²) >= 11 is 0. The maximum atomic E-state index is 13.2. The molecule has 1 aromatic heterocycles. The van der Waals surface area contributed by atoms with Crippen molar-refractivity contribution in [1.29, 1.82) is 0 Å². The van der Waals surface area contributed by atoms with E-state index < -0.39 is 17.7 Å². The molecule has 0 aliphatic carbocycles. The second-order valence-corrected chi connectivity index (χ2v) is 4.36. The molecular formula is C12H13F2N5O. The molecule has 1 aromatic carbocycles. The number of carbonyl (C=O) groups is 1. The first-order chi connectivity index (χ1) is 9.49. The molecule has 1 atom stereocenters. The fourth-order valence-corrected chi connectivity index (χ4v) is 1.71. The summed E-state index contributed by atoms with van der Waals surface area (Å²) < 4.78 is 27.4. The third-order valence-corrected chi connectivity index (χ3v) is 3.09. The van der Waals surface area contributed by atoms with Crippen molar-refractivity contribution < 1.29 is 13.6 Å². The van der Waals surface area contributed by atoms with E-state index in [0.717, 1.165) is 12.1 Å². The third-order valence-electron chi connectivity index (χ3n) is 3.09. The minimum absolute atomic E-state index is 0.0164. The van der Waals surface area contributed by atoms with Gasteiger partial charge in [0.2, 0.25) is 5.91 Å². The van der Waals surface area contributed by atoms with E-state index in [9.17, 15) is 13.6 Å². The molecule has 106 valence electrons. The number of rotatable bonds is 4. The fourth-order valence-electron chi connectivity index (χ4n) is 1.71. The number of carbonyl (C=O) groups excluding carboxylic acids is 1. The summed E-state index contributed by atoms with van der Waals surface area (Å²) in [5.74, 6) is -2.09. The molecule has 2 rings (SSSR count). The summed E-state index contributed by atoms with van der Waals surface area (Å²) in [6.45, 7) is 1.71.